The van der Waals surface area contributed by atoms with Crippen LogP contribution in [-0.2, 0) is 0 Å². The number of hydrogen-bond acceptors (Lipinski definition) is 3. The first kappa shape index (κ1) is 19.7. The van der Waals surface area contributed by atoms with Gasteiger partial charge < -0.3 is 0 Å². The number of carbonyl (C=O) groups is 1. The van der Waals surface area contributed by atoms with Crippen molar-refractivity contribution in [3.63, 3.8) is 0 Å². The number of benzene rings is 3. The fourth-order valence-electron chi connectivity index (χ4n) is 2.53. The van der Waals surface area contributed by atoms with Crippen molar-refractivity contribution in [3.8, 4) is 0 Å². The minimum absolute atomic E-state index is 0.0520. The number of Topliss-reactive ketones (excluding diaryl/α,β-unsaturated/α-hetero) is 1. The van der Waals surface area contributed by atoms with Crippen LogP contribution >= 0.6 is 35.0 Å². The fraction of sp³-hybridized carbons (Fsp3) is 0.0909. The predicted octanol–water partition coefficient (Wildman–Crippen LogP) is 7.51. The molecular weight excluding hydrogens is 397 g/mol. The standard InChI is InChI=1S/C22H17Cl2NOS/c1-15(14-20(26)16-8-3-2-4-9-16)25-19-12-5-6-13-21(19)27-22-17(23)10-7-11-18(22)24/h2-13H,14H2,1H3. The number of halogens is 2. The molecule has 0 aliphatic rings. The molecule has 0 aliphatic carbocycles. The molecule has 0 unspecified atom stereocenters. The molecule has 0 bridgehead atoms. The van der Waals surface area contributed by atoms with E-state index < -0.39 is 0 Å². The monoisotopic (exact) mass is 413 g/mol. The molecule has 2 nitrogen and oxygen atoms in total. The molecule has 27 heavy (non-hydrogen) atoms. The molecular formula is C22H17Cl2NOS. The van der Waals surface area contributed by atoms with Gasteiger partial charge in [0.1, 0.15) is 0 Å². The van der Waals surface area contributed by atoms with Crippen LogP contribution in [0.4, 0.5) is 5.69 Å². The summed E-state index contributed by atoms with van der Waals surface area (Å²) in [7, 11) is 0. The van der Waals surface area contributed by atoms with Crippen LogP contribution in [-0.4, -0.2) is 11.5 Å². The summed E-state index contributed by atoms with van der Waals surface area (Å²) in [4.78, 5) is 18.8. The number of hydrogen-bond donors (Lipinski definition) is 0. The molecule has 3 aromatic carbocycles. The number of rotatable bonds is 6. The van der Waals surface area contributed by atoms with E-state index in [1.54, 1.807) is 0 Å². The molecule has 0 amide bonds. The molecule has 0 saturated carbocycles. The summed E-state index contributed by atoms with van der Waals surface area (Å²) < 4.78 is 0. The highest BCUT2D eigenvalue weighted by Gasteiger charge is 2.11. The quantitative estimate of drug-likeness (QED) is 0.309. The second-order valence-electron chi connectivity index (χ2n) is 5.93. The van der Waals surface area contributed by atoms with Crippen LogP contribution in [0.3, 0.4) is 0 Å². The van der Waals surface area contributed by atoms with Crippen molar-refractivity contribution in [2.45, 2.75) is 23.1 Å². The molecule has 0 atom stereocenters. The summed E-state index contributed by atoms with van der Waals surface area (Å²) in [5.74, 6) is 0.0520. The average molecular weight is 414 g/mol. The van der Waals surface area contributed by atoms with E-state index >= 15 is 0 Å². The van der Waals surface area contributed by atoms with E-state index in [0.29, 0.717) is 15.6 Å². The second kappa shape index (κ2) is 9.23. The Balaban J connectivity index is 1.83. The van der Waals surface area contributed by atoms with Crippen LogP contribution in [0.2, 0.25) is 10.0 Å². The molecule has 0 heterocycles. The van der Waals surface area contributed by atoms with Gasteiger partial charge in [-0.3, -0.25) is 9.79 Å². The molecule has 5 heteroatoms. The zero-order valence-electron chi connectivity index (χ0n) is 14.7. The Morgan fingerprint density at radius 1 is 0.889 bits per heavy atom. The largest absolute Gasteiger partial charge is 0.294 e. The zero-order chi connectivity index (χ0) is 19.2. The minimum Gasteiger partial charge on any atom is -0.294 e. The van der Waals surface area contributed by atoms with Crippen molar-refractivity contribution in [1.82, 2.24) is 0 Å². The van der Waals surface area contributed by atoms with E-state index in [-0.39, 0.29) is 12.2 Å². The lowest BCUT2D eigenvalue weighted by molar-refractivity contribution is 0.100. The number of carbonyl (C=O) groups excluding carboxylic acids is 1. The van der Waals surface area contributed by atoms with Crippen LogP contribution in [0.5, 0.6) is 0 Å². The van der Waals surface area contributed by atoms with E-state index in [4.69, 9.17) is 23.2 Å². The Bertz CT molecular complexity index is 966. The van der Waals surface area contributed by atoms with E-state index in [9.17, 15) is 4.79 Å². The van der Waals surface area contributed by atoms with Gasteiger partial charge in [0.05, 0.1) is 15.7 Å². The predicted molar refractivity (Wildman–Crippen MR) is 115 cm³/mol. The fourth-order valence-corrected chi connectivity index (χ4v) is 4.07. The van der Waals surface area contributed by atoms with Gasteiger partial charge in [0.15, 0.2) is 5.78 Å². The zero-order valence-corrected chi connectivity index (χ0v) is 17.0. The van der Waals surface area contributed by atoms with Crippen LogP contribution in [0.15, 0.2) is 87.6 Å². The van der Waals surface area contributed by atoms with Gasteiger partial charge in [0, 0.05) is 27.5 Å². The van der Waals surface area contributed by atoms with Crippen LogP contribution in [0, 0.1) is 0 Å². The maximum Gasteiger partial charge on any atom is 0.168 e. The van der Waals surface area contributed by atoms with Crippen molar-refractivity contribution >= 4 is 52.1 Å². The lowest BCUT2D eigenvalue weighted by atomic mass is 10.1. The number of aliphatic imine (C=N–C) groups is 1. The highest BCUT2D eigenvalue weighted by Crippen LogP contribution is 2.42. The summed E-state index contributed by atoms with van der Waals surface area (Å²) in [6.45, 7) is 1.87. The Labute approximate surface area is 173 Å². The molecule has 3 aromatic rings. The number of ketones is 1. The molecule has 0 aromatic heterocycles. The van der Waals surface area contributed by atoms with Crippen molar-refractivity contribution in [1.29, 1.82) is 0 Å². The van der Waals surface area contributed by atoms with E-state index in [0.717, 1.165) is 21.2 Å². The summed E-state index contributed by atoms with van der Waals surface area (Å²) in [5, 5.41) is 1.20. The van der Waals surface area contributed by atoms with Gasteiger partial charge in [0.2, 0.25) is 0 Å². The van der Waals surface area contributed by atoms with Gasteiger partial charge in [0.25, 0.3) is 0 Å². The van der Waals surface area contributed by atoms with Gasteiger partial charge >= 0.3 is 0 Å². The highest BCUT2D eigenvalue weighted by atomic mass is 35.5. The van der Waals surface area contributed by atoms with Crippen molar-refractivity contribution in [3.05, 3.63) is 88.4 Å². The lowest BCUT2D eigenvalue weighted by Crippen LogP contribution is -2.04. The van der Waals surface area contributed by atoms with Crippen LogP contribution < -0.4 is 0 Å². The molecule has 0 N–H and O–H groups in total. The van der Waals surface area contributed by atoms with Crippen molar-refractivity contribution in [2.24, 2.45) is 4.99 Å². The van der Waals surface area contributed by atoms with Gasteiger partial charge in [-0.2, -0.15) is 0 Å². The average Bonchev–Trinajstić information content (AvgIpc) is 2.66. The summed E-state index contributed by atoms with van der Waals surface area (Å²) in [6, 6.07) is 22.4. The molecule has 0 spiro atoms. The van der Waals surface area contributed by atoms with Gasteiger partial charge in [-0.05, 0) is 31.2 Å². The topological polar surface area (TPSA) is 29.4 Å². The van der Waals surface area contributed by atoms with Gasteiger partial charge in [-0.25, -0.2) is 0 Å². The lowest BCUT2D eigenvalue weighted by Gasteiger charge is -2.09. The Hall–Kier alpha value is -2.07. The van der Waals surface area contributed by atoms with E-state index in [2.05, 4.69) is 4.99 Å². The summed E-state index contributed by atoms with van der Waals surface area (Å²) in [6.07, 6.45) is 0.274. The first-order valence-electron chi connectivity index (χ1n) is 8.38. The first-order chi connectivity index (χ1) is 13.0. The minimum atomic E-state index is 0.0520. The Kier molecular flexibility index (Phi) is 6.73. The summed E-state index contributed by atoms with van der Waals surface area (Å²) >= 11 is 14.0. The normalized spacial score (nSPS) is 11.4. The highest BCUT2D eigenvalue weighted by molar-refractivity contribution is 7.99. The van der Waals surface area contributed by atoms with Gasteiger partial charge in [-0.1, -0.05) is 83.5 Å². The molecule has 0 fully saturated rings. The molecule has 0 saturated heterocycles. The Morgan fingerprint density at radius 3 is 2.22 bits per heavy atom. The molecule has 3 rings (SSSR count). The summed E-state index contributed by atoms with van der Waals surface area (Å²) in [5.41, 5.74) is 2.23. The van der Waals surface area contributed by atoms with E-state index in [1.807, 2.05) is 79.7 Å². The van der Waals surface area contributed by atoms with Crippen LogP contribution in [0.25, 0.3) is 0 Å². The third kappa shape index (κ3) is 5.23. The third-order valence-electron chi connectivity index (χ3n) is 3.82. The number of para-hydroxylation sites is 1. The van der Waals surface area contributed by atoms with Crippen LogP contribution in [0.1, 0.15) is 23.7 Å². The van der Waals surface area contributed by atoms with Crippen molar-refractivity contribution < 1.29 is 4.79 Å². The third-order valence-corrected chi connectivity index (χ3v) is 5.88. The van der Waals surface area contributed by atoms with Gasteiger partial charge in [-0.15, -0.1) is 0 Å². The SMILES string of the molecule is CC(CC(=O)c1ccccc1)=Nc1ccccc1Sc1c(Cl)cccc1Cl. The molecule has 0 radical (unpaired) electrons. The molecule has 136 valence electrons. The smallest absolute Gasteiger partial charge is 0.168 e. The van der Waals surface area contributed by atoms with E-state index in [1.165, 1.54) is 11.8 Å². The Morgan fingerprint density at radius 2 is 1.52 bits per heavy atom. The second-order valence-corrected chi connectivity index (χ2v) is 7.80. The molecule has 0 aliphatic heterocycles. The number of nitrogens with zero attached hydrogens (tertiary/aromatic N) is 1. The maximum atomic E-state index is 12.4. The first-order valence-corrected chi connectivity index (χ1v) is 9.95. The maximum absolute atomic E-state index is 12.4. The van der Waals surface area contributed by atoms with Crippen molar-refractivity contribution in [2.75, 3.05) is 0 Å².